The minimum absolute atomic E-state index is 0.234. The molecule has 6 nitrogen and oxygen atoms in total. The molecule has 0 bridgehead atoms. The summed E-state index contributed by atoms with van der Waals surface area (Å²) >= 11 is 6.22. The highest BCUT2D eigenvalue weighted by molar-refractivity contribution is 6.32. The Morgan fingerprint density at radius 2 is 2.04 bits per heavy atom. The van der Waals surface area contributed by atoms with Gasteiger partial charge in [-0.1, -0.05) is 30.7 Å². The van der Waals surface area contributed by atoms with Gasteiger partial charge < -0.3 is 10.0 Å². The second kappa shape index (κ2) is 6.88. The van der Waals surface area contributed by atoms with Gasteiger partial charge in [0.2, 0.25) is 0 Å². The number of carbonyl (C=O) groups excluding carboxylic acids is 1. The quantitative estimate of drug-likeness (QED) is 0.911. The SMILES string of the molecule is Cc1cc(C(=O)N2CCC(C)CC2C(=O)O)nn1-c1ccccc1Cl. The normalized spacial score (nSPS) is 20.5. The number of carboxylic acid groups (broad SMARTS) is 1. The summed E-state index contributed by atoms with van der Waals surface area (Å²) in [6.45, 7) is 4.27. The molecular formula is C18H20ClN3O3. The Kier molecular flexibility index (Phi) is 4.81. The maximum Gasteiger partial charge on any atom is 0.326 e. The van der Waals surface area contributed by atoms with Crippen molar-refractivity contribution in [1.29, 1.82) is 0 Å². The van der Waals surface area contributed by atoms with E-state index in [0.717, 1.165) is 12.1 Å². The minimum atomic E-state index is -0.970. The van der Waals surface area contributed by atoms with E-state index in [1.165, 1.54) is 4.90 Å². The number of aliphatic carboxylic acids is 1. The summed E-state index contributed by atoms with van der Waals surface area (Å²) in [6, 6.07) is 8.11. The summed E-state index contributed by atoms with van der Waals surface area (Å²) in [6.07, 6.45) is 1.25. The van der Waals surface area contributed by atoms with Crippen LogP contribution in [0.2, 0.25) is 5.02 Å². The van der Waals surface area contributed by atoms with Crippen molar-refractivity contribution in [2.24, 2.45) is 5.92 Å². The Morgan fingerprint density at radius 3 is 2.72 bits per heavy atom. The van der Waals surface area contributed by atoms with Gasteiger partial charge in [0.15, 0.2) is 5.69 Å². The summed E-state index contributed by atoms with van der Waals surface area (Å²) in [7, 11) is 0. The third-order valence-electron chi connectivity index (χ3n) is 4.60. The van der Waals surface area contributed by atoms with Crippen LogP contribution in [0.5, 0.6) is 0 Å². The predicted molar refractivity (Wildman–Crippen MR) is 94.2 cm³/mol. The number of hydrogen-bond donors (Lipinski definition) is 1. The smallest absolute Gasteiger partial charge is 0.326 e. The molecule has 1 amide bonds. The van der Waals surface area contributed by atoms with Gasteiger partial charge in [-0.25, -0.2) is 9.48 Å². The number of rotatable bonds is 3. The third-order valence-corrected chi connectivity index (χ3v) is 4.92. The summed E-state index contributed by atoms with van der Waals surface area (Å²) in [4.78, 5) is 25.8. The van der Waals surface area contributed by atoms with Gasteiger partial charge in [0, 0.05) is 12.2 Å². The molecule has 1 aliphatic heterocycles. The van der Waals surface area contributed by atoms with E-state index in [0.29, 0.717) is 23.7 Å². The van der Waals surface area contributed by atoms with Crippen molar-refractivity contribution in [2.45, 2.75) is 32.7 Å². The Labute approximate surface area is 151 Å². The number of benzene rings is 1. The van der Waals surface area contributed by atoms with Gasteiger partial charge in [-0.3, -0.25) is 4.79 Å². The lowest BCUT2D eigenvalue weighted by atomic mass is 9.92. The van der Waals surface area contributed by atoms with E-state index in [-0.39, 0.29) is 17.5 Å². The van der Waals surface area contributed by atoms with Crippen LogP contribution in [0.25, 0.3) is 5.69 Å². The first-order valence-electron chi connectivity index (χ1n) is 8.24. The van der Waals surface area contributed by atoms with E-state index >= 15 is 0 Å². The van der Waals surface area contributed by atoms with Crippen LogP contribution in [0.15, 0.2) is 30.3 Å². The van der Waals surface area contributed by atoms with Crippen molar-refractivity contribution in [3.05, 3.63) is 46.7 Å². The summed E-state index contributed by atoms with van der Waals surface area (Å²) in [5, 5.41) is 14.4. The Bertz CT molecular complexity index is 818. The molecule has 2 heterocycles. The van der Waals surface area contributed by atoms with Crippen LogP contribution in [-0.2, 0) is 4.79 Å². The number of piperidine rings is 1. The molecule has 1 fully saturated rings. The lowest BCUT2D eigenvalue weighted by molar-refractivity contribution is -0.144. The molecule has 1 N–H and O–H groups in total. The van der Waals surface area contributed by atoms with Crippen molar-refractivity contribution >= 4 is 23.5 Å². The molecule has 7 heteroatoms. The molecule has 0 spiro atoms. The summed E-state index contributed by atoms with van der Waals surface area (Å²) in [5.41, 5.74) is 1.68. The molecule has 0 radical (unpaired) electrons. The third kappa shape index (κ3) is 3.39. The van der Waals surface area contributed by atoms with Crippen LogP contribution in [0, 0.1) is 12.8 Å². The van der Waals surface area contributed by atoms with Gasteiger partial charge in [0.05, 0.1) is 10.7 Å². The van der Waals surface area contributed by atoms with Gasteiger partial charge in [0.1, 0.15) is 6.04 Å². The van der Waals surface area contributed by atoms with E-state index in [1.807, 2.05) is 32.0 Å². The number of para-hydroxylation sites is 1. The number of carbonyl (C=O) groups is 2. The fraction of sp³-hybridized carbons (Fsp3) is 0.389. The predicted octanol–water partition coefficient (Wildman–Crippen LogP) is 3.16. The van der Waals surface area contributed by atoms with Crippen molar-refractivity contribution in [2.75, 3.05) is 6.54 Å². The number of nitrogens with zero attached hydrogens (tertiary/aromatic N) is 3. The molecule has 0 saturated carbocycles. The number of halogens is 1. The molecule has 1 aromatic carbocycles. The molecule has 1 aromatic heterocycles. The molecule has 2 atom stereocenters. The number of aryl methyl sites for hydroxylation is 1. The number of amides is 1. The van der Waals surface area contributed by atoms with E-state index in [2.05, 4.69) is 5.10 Å². The maximum atomic E-state index is 12.9. The van der Waals surface area contributed by atoms with Gasteiger partial charge in [-0.2, -0.15) is 5.10 Å². The average molecular weight is 362 g/mol. The fourth-order valence-corrected chi connectivity index (χ4v) is 3.43. The molecule has 1 aliphatic rings. The van der Waals surface area contributed by atoms with Gasteiger partial charge >= 0.3 is 5.97 Å². The zero-order valence-corrected chi connectivity index (χ0v) is 14.9. The monoisotopic (exact) mass is 361 g/mol. The van der Waals surface area contributed by atoms with E-state index < -0.39 is 12.0 Å². The first-order valence-corrected chi connectivity index (χ1v) is 8.61. The highest BCUT2D eigenvalue weighted by Gasteiger charge is 2.36. The molecule has 1 saturated heterocycles. The van der Waals surface area contributed by atoms with Gasteiger partial charge in [-0.15, -0.1) is 0 Å². The van der Waals surface area contributed by atoms with Crippen molar-refractivity contribution < 1.29 is 14.7 Å². The van der Waals surface area contributed by atoms with E-state index in [4.69, 9.17) is 11.6 Å². The second-order valence-corrected chi connectivity index (χ2v) is 6.92. The van der Waals surface area contributed by atoms with Crippen molar-refractivity contribution in [3.63, 3.8) is 0 Å². The first kappa shape index (κ1) is 17.5. The highest BCUT2D eigenvalue weighted by Crippen LogP contribution is 2.26. The number of likely N-dealkylation sites (tertiary alicyclic amines) is 1. The minimum Gasteiger partial charge on any atom is -0.480 e. The van der Waals surface area contributed by atoms with Gasteiger partial charge in [-0.05, 0) is 43.9 Å². The standard InChI is InChI=1S/C18H20ClN3O3/c1-11-7-8-21(16(9-11)18(24)25)17(23)14-10-12(2)22(20-14)15-6-4-3-5-13(15)19/h3-6,10-11,16H,7-9H2,1-2H3,(H,24,25). The summed E-state index contributed by atoms with van der Waals surface area (Å²) in [5.74, 6) is -1.04. The summed E-state index contributed by atoms with van der Waals surface area (Å²) < 4.78 is 1.61. The Hall–Kier alpha value is -2.34. The number of carboxylic acids is 1. The zero-order chi connectivity index (χ0) is 18.1. The van der Waals surface area contributed by atoms with Crippen LogP contribution < -0.4 is 0 Å². The van der Waals surface area contributed by atoms with Crippen molar-refractivity contribution in [1.82, 2.24) is 14.7 Å². The van der Waals surface area contributed by atoms with Crippen LogP contribution >= 0.6 is 11.6 Å². The first-order chi connectivity index (χ1) is 11.9. The van der Waals surface area contributed by atoms with Crippen LogP contribution in [-0.4, -0.2) is 44.3 Å². The maximum absolute atomic E-state index is 12.9. The molecule has 0 aliphatic carbocycles. The fourth-order valence-electron chi connectivity index (χ4n) is 3.21. The molecule has 3 rings (SSSR count). The lowest BCUT2D eigenvalue weighted by Crippen LogP contribution is -2.49. The zero-order valence-electron chi connectivity index (χ0n) is 14.1. The number of hydrogen-bond acceptors (Lipinski definition) is 3. The Balaban J connectivity index is 1.92. The van der Waals surface area contributed by atoms with Crippen LogP contribution in [0.4, 0.5) is 0 Å². The highest BCUT2D eigenvalue weighted by atomic mass is 35.5. The molecule has 25 heavy (non-hydrogen) atoms. The molecule has 132 valence electrons. The van der Waals surface area contributed by atoms with Gasteiger partial charge in [0.25, 0.3) is 5.91 Å². The second-order valence-electron chi connectivity index (χ2n) is 6.52. The van der Waals surface area contributed by atoms with E-state index in [9.17, 15) is 14.7 Å². The number of aromatic nitrogens is 2. The van der Waals surface area contributed by atoms with Crippen LogP contribution in [0.3, 0.4) is 0 Å². The average Bonchev–Trinajstić information content (AvgIpc) is 2.96. The molecule has 2 aromatic rings. The van der Waals surface area contributed by atoms with Crippen LogP contribution in [0.1, 0.15) is 35.9 Å². The molecular weight excluding hydrogens is 342 g/mol. The Morgan fingerprint density at radius 1 is 1.32 bits per heavy atom. The molecule has 2 unspecified atom stereocenters. The largest absolute Gasteiger partial charge is 0.480 e. The topological polar surface area (TPSA) is 75.4 Å². The van der Waals surface area contributed by atoms with Crippen molar-refractivity contribution in [3.8, 4) is 5.69 Å². The lowest BCUT2D eigenvalue weighted by Gasteiger charge is -2.35. The van der Waals surface area contributed by atoms with E-state index in [1.54, 1.807) is 16.8 Å².